The highest BCUT2D eigenvalue weighted by Crippen LogP contribution is 2.46. The van der Waals surface area contributed by atoms with E-state index in [1.807, 2.05) is 96.0 Å². The molecule has 4 aliphatic heterocycles. The number of hydrazine groups is 1. The molecule has 4 saturated heterocycles. The molecule has 2 unspecified atom stereocenters. The van der Waals surface area contributed by atoms with Crippen LogP contribution in [-0.4, -0.2) is 65.6 Å². The maximum absolute atomic E-state index is 13.9. The molecule has 1 amide bonds. The average Bonchev–Trinajstić information content (AvgIpc) is 3.34. The number of nitrogens with zero attached hydrogens (tertiary/aromatic N) is 2. The summed E-state index contributed by atoms with van der Waals surface area (Å²) in [5, 5.41) is 4.05. The van der Waals surface area contributed by atoms with Gasteiger partial charge < -0.3 is 23.7 Å². The lowest BCUT2D eigenvalue weighted by molar-refractivity contribution is -0.278. The van der Waals surface area contributed by atoms with Gasteiger partial charge >= 0.3 is 0 Å². The van der Waals surface area contributed by atoms with Crippen molar-refractivity contribution in [3.05, 3.63) is 108 Å². The monoisotopic (exact) mass is 570 g/mol. The second-order valence-corrected chi connectivity index (χ2v) is 12.0. The lowest BCUT2D eigenvalue weighted by atomic mass is 9.91. The van der Waals surface area contributed by atoms with Crippen LogP contribution in [0.25, 0.3) is 0 Å². The number of carbonyl (C=O) groups is 1. The number of rotatable bonds is 8. The van der Waals surface area contributed by atoms with Crippen LogP contribution in [0.4, 0.5) is 0 Å². The number of carbonyl (C=O) groups excluding carboxylic acids is 1. The number of hydrogen-bond acceptors (Lipinski definition) is 7. The summed E-state index contributed by atoms with van der Waals surface area (Å²) in [4.78, 5) is 13.9. The Labute approximate surface area is 247 Å². The van der Waals surface area contributed by atoms with E-state index in [4.69, 9.17) is 23.7 Å². The Morgan fingerprint density at radius 1 is 0.762 bits per heavy atom. The van der Waals surface area contributed by atoms with Crippen LogP contribution in [0.3, 0.4) is 0 Å². The summed E-state index contributed by atoms with van der Waals surface area (Å²) in [6.07, 6.45) is -1.30. The number of ether oxygens (including phenoxy) is 5. The van der Waals surface area contributed by atoms with Crippen molar-refractivity contribution in [1.82, 2.24) is 10.0 Å². The van der Waals surface area contributed by atoms with E-state index in [2.05, 4.69) is 18.9 Å². The SMILES string of the molecule is CC(C)C[C@@H]1[C@H](OCc2ccccc2)C(=O)N1N1[C@H]2COC(c3ccccc3)O[C@H]2[C@@H]2OC(c3ccccc3)OC[C@@H]21. The molecule has 0 aliphatic carbocycles. The van der Waals surface area contributed by atoms with Gasteiger partial charge in [-0.25, -0.2) is 5.01 Å². The highest BCUT2D eigenvalue weighted by atomic mass is 16.7. The van der Waals surface area contributed by atoms with Crippen LogP contribution in [0, 0.1) is 5.92 Å². The third-order valence-corrected chi connectivity index (χ3v) is 8.67. The Kier molecular flexibility index (Phi) is 7.84. The standard InChI is InChI=1S/C34H38N2O6/c1-22(2)18-26-31(38-19-23-12-6-3-7-13-23)32(37)36(26)35-27-20-39-33(24-14-8-4-9-15-24)41-29(27)30-28(35)21-40-34(42-30)25-16-10-5-11-17-25/h3-17,22,26-31,33-34H,18-21H2,1-2H3/t26-,27+,28+,29-,30-,31+,33?,34?/m1/s1. The molecule has 0 radical (unpaired) electrons. The van der Waals surface area contributed by atoms with Gasteiger partial charge in [0.25, 0.3) is 5.91 Å². The van der Waals surface area contributed by atoms with Crippen LogP contribution in [0.15, 0.2) is 91.0 Å². The van der Waals surface area contributed by atoms with Crippen molar-refractivity contribution in [2.24, 2.45) is 5.92 Å². The second-order valence-electron chi connectivity index (χ2n) is 12.0. The van der Waals surface area contributed by atoms with Gasteiger partial charge in [-0.1, -0.05) is 105 Å². The van der Waals surface area contributed by atoms with Gasteiger partial charge in [0, 0.05) is 11.1 Å². The van der Waals surface area contributed by atoms with Gasteiger partial charge in [-0.15, -0.1) is 0 Å². The van der Waals surface area contributed by atoms with E-state index >= 15 is 0 Å². The van der Waals surface area contributed by atoms with Crippen molar-refractivity contribution in [3.8, 4) is 0 Å². The first kappa shape index (κ1) is 27.7. The molecule has 0 saturated carbocycles. The molecule has 0 bridgehead atoms. The summed E-state index contributed by atoms with van der Waals surface area (Å²) >= 11 is 0. The van der Waals surface area contributed by atoms with Gasteiger partial charge in [0.2, 0.25) is 0 Å². The molecule has 7 rings (SSSR count). The van der Waals surface area contributed by atoms with Gasteiger partial charge in [-0.05, 0) is 17.9 Å². The molecule has 8 nitrogen and oxygen atoms in total. The van der Waals surface area contributed by atoms with E-state index in [1.165, 1.54) is 0 Å². The zero-order valence-corrected chi connectivity index (χ0v) is 24.0. The number of benzene rings is 3. The molecule has 0 N–H and O–H groups in total. The zero-order chi connectivity index (χ0) is 28.6. The van der Waals surface area contributed by atoms with Crippen LogP contribution in [-0.2, 0) is 35.1 Å². The van der Waals surface area contributed by atoms with Crippen LogP contribution >= 0.6 is 0 Å². The maximum atomic E-state index is 13.9. The topological polar surface area (TPSA) is 69.7 Å². The largest absolute Gasteiger partial charge is 0.361 e. The zero-order valence-electron chi connectivity index (χ0n) is 24.0. The molecular weight excluding hydrogens is 532 g/mol. The second kappa shape index (κ2) is 11.9. The molecule has 3 aromatic carbocycles. The van der Waals surface area contributed by atoms with Gasteiger partial charge in [0.05, 0.1) is 37.9 Å². The quantitative estimate of drug-likeness (QED) is 0.352. The van der Waals surface area contributed by atoms with Gasteiger partial charge in [0.15, 0.2) is 18.7 Å². The molecular formula is C34H38N2O6. The van der Waals surface area contributed by atoms with E-state index in [1.54, 1.807) is 0 Å². The first-order valence-electron chi connectivity index (χ1n) is 15.0. The Balaban J connectivity index is 1.16. The fourth-order valence-electron chi connectivity index (χ4n) is 6.73. The fourth-order valence-corrected chi connectivity index (χ4v) is 6.73. The minimum atomic E-state index is -0.505. The lowest BCUT2D eigenvalue weighted by Gasteiger charge is -2.54. The number of amides is 1. The normalized spacial score (nSPS) is 32.8. The first-order valence-corrected chi connectivity index (χ1v) is 15.0. The predicted octanol–water partition coefficient (Wildman–Crippen LogP) is 5.02. The Morgan fingerprint density at radius 2 is 1.26 bits per heavy atom. The molecule has 8 heteroatoms. The van der Waals surface area contributed by atoms with Crippen molar-refractivity contribution in [2.75, 3.05) is 13.2 Å². The van der Waals surface area contributed by atoms with E-state index in [-0.39, 0.29) is 36.2 Å². The van der Waals surface area contributed by atoms with Crippen LogP contribution in [0.1, 0.15) is 49.5 Å². The maximum Gasteiger partial charge on any atom is 0.268 e. The minimum Gasteiger partial charge on any atom is -0.361 e. The molecule has 4 aliphatic rings. The first-order chi connectivity index (χ1) is 20.6. The highest BCUT2D eigenvalue weighted by Gasteiger charge is 2.63. The summed E-state index contributed by atoms with van der Waals surface area (Å²) in [5.74, 6) is 0.344. The summed E-state index contributed by atoms with van der Waals surface area (Å²) in [7, 11) is 0. The van der Waals surface area contributed by atoms with Gasteiger partial charge in [0.1, 0.15) is 12.2 Å². The molecule has 8 atom stereocenters. The smallest absolute Gasteiger partial charge is 0.268 e. The van der Waals surface area contributed by atoms with Gasteiger partial charge in [-0.3, -0.25) is 9.80 Å². The summed E-state index contributed by atoms with van der Waals surface area (Å²) in [6, 6.07) is 29.5. The van der Waals surface area contributed by atoms with Crippen LogP contribution in [0.5, 0.6) is 0 Å². The number of hydrogen-bond donors (Lipinski definition) is 0. The van der Waals surface area contributed by atoms with Crippen molar-refractivity contribution >= 4 is 5.91 Å². The van der Waals surface area contributed by atoms with Crippen molar-refractivity contribution in [2.45, 2.75) is 75.9 Å². The number of β-lactam (4-membered cyclic amide) rings is 1. The predicted molar refractivity (Wildman–Crippen MR) is 155 cm³/mol. The molecule has 42 heavy (non-hydrogen) atoms. The van der Waals surface area contributed by atoms with Crippen molar-refractivity contribution < 1.29 is 28.5 Å². The van der Waals surface area contributed by atoms with Crippen LogP contribution < -0.4 is 0 Å². The van der Waals surface area contributed by atoms with Gasteiger partial charge in [-0.2, -0.15) is 0 Å². The third kappa shape index (κ3) is 5.17. The third-order valence-electron chi connectivity index (χ3n) is 8.67. The summed E-state index contributed by atoms with van der Waals surface area (Å²) in [6.45, 7) is 5.57. The Morgan fingerprint density at radius 3 is 1.76 bits per heavy atom. The van der Waals surface area contributed by atoms with Crippen molar-refractivity contribution in [1.29, 1.82) is 0 Å². The summed E-state index contributed by atoms with van der Waals surface area (Å²) < 4.78 is 32.2. The lowest BCUT2D eigenvalue weighted by Crippen LogP contribution is -2.74. The Hall–Kier alpha value is -3.11. The molecule has 3 aromatic rings. The fraction of sp³-hybridized carbons (Fsp3) is 0.441. The van der Waals surface area contributed by atoms with E-state index < -0.39 is 18.7 Å². The van der Waals surface area contributed by atoms with E-state index in [0.717, 1.165) is 23.1 Å². The molecule has 4 heterocycles. The minimum absolute atomic E-state index is 0.0358. The van der Waals surface area contributed by atoms with Crippen molar-refractivity contribution in [3.63, 3.8) is 0 Å². The molecule has 220 valence electrons. The van der Waals surface area contributed by atoms with E-state index in [0.29, 0.717) is 25.7 Å². The molecule has 4 fully saturated rings. The van der Waals surface area contributed by atoms with Crippen LogP contribution in [0.2, 0.25) is 0 Å². The summed E-state index contributed by atoms with van der Waals surface area (Å²) in [5.41, 5.74) is 2.98. The Bertz CT molecular complexity index is 1280. The molecule has 0 spiro atoms. The van der Waals surface area contributed by atoms with E-state index in [9.17, 15) is 4.79 Å². The highest BCUT2D eigenvalue weighted by molar-refractivity contribution is 5.88. The molecule has 0 aromatic heterocycles. The average molecular weight is 571 g/mol. The number of fused-ring (bicyclic) bond motifs is 3.